The third kappa shape index (κ3) is 3.59. The highest BCUT2D eigenvalue weighted by molar-refractivity contribution is 6.76. The average Bonchev–Trinajstić information content (AvgIpc) is 2.32. The van der Waals surface area contributed by atoms with E-state index in [0.29, 0.717) is 18.3 Å². The molecular weight excluding hydrogens is 280 g/mol. The molecule has 4 heteroatoms. The lowest BCUT2D eigenvalue weighted by molar-refractivity contribution is -0.156. The van der Waals surface area contributed by atoms with Crippen molar-refractivity contribution >= 4 is 14.0 Å². The van der Waals surface area contributed by atoms with E-state index in [-0.39, 0.29) is 17.5 Å². The van der Waals surface area contributed by atoms with Gasteiger partial charge >= 0.3 is 5.97 Å². The smallest absolute Gasteiger partial charge is 0.308 e. The van der Waals surface area contributed by atoms with Gasteiger partial charge in [0.05, 0.1) is 26.2 Å². The Labute approximate surface area is 130 Å². The zero-order valence-electron chi connectivity index (χ0n) is 14.4. The van der Waals surface area contributed by atoms with Crippen LogP contribution in [-0.2, 0) is 14.3 Å². The van der Waals surface area contributed by atoms with Crippen molar-refractivity contribution in [1.29, 1.82) is 0 Å². The maximum absolute atomic E-state index is 11.7. The van der Waals surface area contributed by atoms with E-state index in [1.165, 1.54) is 18.7 Å². The SMILES string of the molecule is COC(=O)C[C@@H]1OC[C@H]2CC=C(C[Si](C)(C)C)[C@@H]1C2(C)C. The molecule has 21 heavy (non-hydrogen) atoms. The third-order valence-electron chi connectivity index (χ3n) is 5.13. The van der Waals surface area contributed by atoms with Crippen LogP contribution in [0.4, 0.5) is 0 Å². The van der Waals surface area contributed by atoms with Crippen LogP contribution in [0.15, 0.2) is 11.6 Å². The molecule has 1 fully saturated rings. The Hall–Kier alpha value is -0.613. The lowest BCUT2D eigenvalue weighted by Gasteiger charge is -2.53. The fourth-order valence-corrected chi connectivity index (χ4v) is 5.60. The normalized spacial score (nSPS) is 31.5. The lowest BCUT2D eigenvalue weighted by Crippen LogP contribution is -2.52. The average molecular weight is 311 g/mol. The van der Waals surface area contributed by atoms with Gasteiger partial charge in [0.25, 0.3) is 0 Å². The first kappa shape index (κ1) is 16.8. The van der Waals surface area contributed by atoms with Crippen molar-refractivity contribution in [3.05, 3.63) is 11.6 Å². The molecule has 2 aliphatic rings. The summed E-state index contributed by atoms with van der Waals surface area (Å²) in [6.45, 7) is 12.7. The Balaban J connectivity index is 2.28. The highest BCUT2D eigenvalue weighted by atomic mass is 28.3. The summed E-state index contributed by atoms with van der Waals surface area (Å²) in [5.74, 6) is 0.768. The van der Waals surface area contributed by atoms with Crippen molar-refractivity contribution in [2.45, 2.75) is 58.5 Å². The van der Waals surface area contributed by atoms with Gasteiger partial charge in [0, 0.05) is 14.0 Å². The van der Waals surface area contributed by atoms with Gasteiger partial charge in [-0.15, -0.1) is 0 Å². The molecule has 120 valence electrons. The topological polar surface area (TPSA) is 35.5 Å². The molecule has 2 bridgehead atoms. The van der Waals surface area contributed by atoms with Crippen LogP contribution in [0.1, 0.15) is 26.7 Å². The number of allylic oxidation sites excluding steroid dienone is 1. The molecule has 0 aromatic rings. The van der Waals surface area contributed by atoms with Gasteiger partial charge in [0.15, 0.2) is 0 Å². The Morgan fingerprint density at radius 1 is 1.43 bits per heavy atom. The third-order valence-corrected chi connectivity index (χ3v) is 6.60. The van der Waals surface area contributed by atoms with Crippen molar-refractivity contribution in [3.63, 3.8) is 0 Å². The summed E-state index contributed by atoms with van der Waals surface area (Å²) in [7, 11) is 0.276. The molecule has 0 unspecified atom stereocenters. The van der Waals surface area contributed by atoms with Crippen LogP contribution in [0.2, 0.25) is 25.7 Å². The Kier molecular flexibility index (Phi) is 4.69. The van der Waals surface area contributed by atoms with Crippen molar-refractivity contribution in [3.8, 4) is 0 Å². The Bertz CT molecular complexity index is 434. The molecular formula is C17H30O3Si. The summed E-state index contributed by atoms with van der Waals surface area (Å²) in [4.78, 5) is 11.7. The second kappa shape index (κ2) is 5.88. The fourth-order valence-electron chi connectivity index (χ4n) is 4.01. The van der Waals surface area contributed by atoms with Crippen LogP contribution in [0.5, 0.6) is 0 Å². The molecule has 0 aromatic heterocycles. The van der Waals surface area contributed by atoms with Crippen molar-refractivity contribution in [1.82, 2.24) is 0 Å². The molecule has 1 aliphatic carbocycles. The summed E-state index contributed by atoms with van der Waals surface area (Å²) < 4.78 is 10.9. The van der Waals surface area contributed by atoms with E-state index in [1.54, 1.807) is 0 Å². The number of hydrogen-bond acceptors (Lipinski definition) is 3. The van der Waals surface area contributed by atoms with E-state index in [4.69, 9.17) is 9.47 Å². The van der Waals surface area contributed by atoms with Crippen LogP contribution >= 0.6 is 0 Å². The van der Waals surface area contributed by atoms with Crippen LogP contribution < -0.4 is 0 Å². The number of carbonyl (C=O) groups is 1. The summed E-state index contributed by atoms with van der Waals surface area (Å²) in [5, 5.41) is 0. The molecule has 3 nitrogen and oxygen atoms in total. The number of fused-ring (bicyclic) bond motifs is 2. The second-order valence-electron chi connectivity index (χ2n) is 8.40. The van der Waals surface area contributed by atoms with Gasteiger partial charge in [-0.05, 0) is 23.8 Å². The molecule has 1 saturated heterocycles. The van der Waals surface area contributed by atoms with E-state index < -0.39 is 8.07 Å². The van der Waals surface area contributed by atoms with Crippen LogP contribution in [0.25, 0.3) is 0 Å². The summed E-state index contributed by atoms with van der Waals surface area (Å²) in [6, 6.07) is 1.20. The molecule has 0 saturated carbocycles. The zero-order valence-corrected chi connectivity index (χ0v) is 15.4. The van der Waals surface area contributed by atoms with Gasteiger partial charge in [-0.3, -0.25) is 4.79 Å². The minimum absolute atomic E-state index is 0.0217. The fraction of sp³-hybridized carbons (Fsp3) is 0.824. The highest BCUT2D eigenvalue weighted by Gasteiger charge is 2.50. The highest BCUT2D eigenvalue weighted by Crippen LogP contribution is 2.52. The molecule has 0 radical (unpaired) electrons. The quantitative estimate of drug-likeness (QED) is 0.449. The molecule has 1 heterocycles. The van der Waals surface area contributed by atoms with Crippen LogP contribution in [0, 0.1) is 17.3 Å². The first-order chi connectivity index (χ1) is 9.65. The van der Waals surface area contributed by atoms with E-state index >= 15 is 0 Å². The predicted octanol–water partition coefficient (Wildman–Crippen LogP) is 3.88. The molecule has 0 N–H and O–H groups in total. The number of ether oxygens (including phenoxy) is 2. The molecule has 3 atom stereocenters. The van der Waals surface area contributed by atoms with Crippen molar-refractivity contribution in [2.24, 2.45) is 17.3 Å². The van der Waals surface area contributed by atoms with Crippen molar-refractivity contribution in [2.75, 3.05) is 13.7 Å². The second-order valence-corrected chi connectivity index (χ2v) is 13.9. The molecule has 0 amide bonds. The predicted molar refractivity (Wildman–Crippen MR) is 88.0 cm³/mol. The molecule has 2 rings (SSSR count). The van der Waals surface area contributed by atoms with E-state index in [1.807, 2.05) is 0 Å². The summed E-state index contributed by atoms with van der Waals surface area (Å²) in [5.41, 5.74) is 1.74. The van der Waals surface area contributed by atoms with Crippen LogP contribution in [-0.4, -0.2) is 33.9 Å². The Morgan fingerprint density at radius 3 is 2.67 bits per heavy atom. The molecule has 0 aromatic carbocycles. The molecule has 0 spiro atoms. The monoisotopic (exact) mass is 310 g/mol. The maximum atomic E-state index is 11.7. The standard InChI is InChI=1S/C17H30O3Si/c1-17(2)13-8-7-12(11-21(4,5)6)16(17)14(20-10-13)9-15(18)19-3/h7,13-14,16H,8-11H2,1-6H3/t13-,14+,16+/m1/s1. The summed E-state index contributed by atoms with van der Waals surface area (Å²) >= 11 is 0. The Morgan fingerprint density at radius 2 is 2.10 bits per heavy atom. The largest absolute Gasteiger partial charge is 0.469 e. The number of rotatable bonds is 4. The number of carbonyl (C=O) groups excluding carboxylic acids is 1. The number of methoxy groups -OCH3 is 1. The van der Waals surface area contributed by atoms with E-state index in [9.17, 15) is 4.79 Å². The first-order valence-corrected chi connectivity index (χ1v) is 11.7. The maximum Gasteiger partial charge on any atom is 0.308 e. The minimum Gasteiger partial charge on any atom is -0.469 e. The van der Waals surface area contributed by atoms with E-state index in [2.05, 4.69) is 39.6 Å². The van der Waals surface area contributed by atoms with Gasteiger partial charge in [-0.25, -0.2) is 0 Å². The van der Waals surface area contributed by atoms with Gasteiger partial charge in [-0.1, -0.05) is 45.1 Å². The zero-order chi connectivity index (χ0) is 15.8. The minimum atomic E-state index is -1.18. The van der Waals surface area contributed by atoms with Gasteiger partial charge in [0.2, 0.25) is 0 Å². The number of hydrogen-bond donors (Lipinski definition) is 0. The van der Waals surface area contributed by atoms with Gasteiger partial charge < -0.3 is 9.47 Å². The van der Waals surface area contributed by atoms with Crippen LogP contribution in [0.3, 0.4) is 0 Å². The lowest BCUT2D eigenvalue weighted by atomic mass is 9.59. The first-order valence-electron chi connectivity index (χ1n) is 8.02. The summed E-state index contributed by atoms with van der Waals surface area (Å²) in [6.07, 6.45) is 3.92. The van der Waals surface area contributed by atoms with E-state index in [0.717, 1.165) is 13.0 Å². The molecule has 1 aliphatic heterocycles. The van der Waals surface area contributed by atoms with Gasteiger partial charge in [-0.2, -0.15) is 0 Å². The van der Waals surface area contributed by atoms with Gasteiger partial charge in [0.1, 0.15) is 0 Å². The number of esters is 1. The van der Waals surface area contributed by atoms with Crippen molar-refractivity contribution < 1.29 is 14.3 Å².